The number of nitrogens with zero attached hydrogens (tertiary/aromatic N) is 2. The summed E-state index contributed by atoms with van der Waals surface area (Å²) in [6.45, 7) is 0. The molecule has 2 aliphatic rings. The molecule has 0 spiro atoms. The van der Waals surface area contributed by atoms with Gasteiger partial charge in [-0.05, 0) is 43.6 Å². The van der Waals surface area contributed by atoms with Crippen molar-refractivity contribution in [3.8, 4) is 11.4 Å². The smallest absolute Gasteiger partial charge is 0.161 e. The van der Waals surface area contributed by atoms with E-state index < -0.39 is 0 Å². The number of fused-ring (bicyclic) bond motifs is 1. The lowest BCUT2D eigenvalue weighted by Gasteiger charge is -2.10. The van der Waals surface area contributed by atoms with E-state index in [1.807, 2.05) is 7.05 Å². The predicted molar refractivity (Wildman–Crippen MR) is 81.0 cm³/mol. The maximum Gasteiger partial charge on any atom is 0.161 e. The van der Waals surface area contributed by atoms with Gasteiger partial charge in [-0.15, -0.1) is 0 Å². The molecule has 2 aliphatic carbocycles. The number of aryl methyl sites for hydroxylation is 1. The highest BCUT2D eigenvalue weighted by Crippen LogP contribution is 2.40. The maximum absolute atomic E-state index is 4.77. The van der Waals surface area contributed by atoms with Crippen molar-refractivity contribution in [2.75, 3.05) is 12.4 Å². The zero-order chi connectivity index (χ0) is 13.5. The van der Waals surface area contributed by atoms with E-state index in [-0.39, 0.29) is 0 Å². The standard InChI is InChI=1S/C17H19N3/c1-18-17-14-3-2-4-15(14)19-16(20-17)13-9-7-12(8-10-13)11-5-6-11/h7-11H,2-6H2,1H3,(H,18,19,20). The summed E-state index contributed by atoms with van der Waals surface area (Å²) in [6.07, 6.45) is 6.08. The van der Waals surface area contributed by atoms with Crippen LogP contribution in [0.5, 0.6) is 0 Å². The molecule has 0 atom stereocenters. The zero-order valence-electron chi connectivity index (χ0n) is 11.8. The fourth-order valence-electron chi connectivity index (χ4n) is 3.09. The Kier molecular flexibility index (Phi) is 2.72. The summed E-state index contributed by atoms with van der Waals surface area (Å²) in [4.78, 5) is 9.47. The minimum absolute atomic E-state index is 0.804. The van der Waals surface area contributed by atoms with Crippen LogP contribution in [0, 0.1) is 0 Å². The molecule has 0 unspecified atom stereocenters. The van der Waals surface area contributed by atoms with Crippen LogP contribution in [0.15, 0.2) is 24.3 Å². The van der Waals surface area contributed by atoms with Crippen molar-refractivity contribution >= 4 is 5.82 Å². The van der Waals surface area contributed by atoms with Gasteiger partial charge in [0, 0.05) is 23.9 Å². The fraction of sp³-hybridized carbons (Fsp3) is 0.412. The summed E-state index contributed by atoms with van der Waals surface area (Å²) in [5, 5.41) is 3.23. The predicted octanol–water partition coefficient (Wildman–Crippen LogP) is 3.55. The minimum atomic E-state index is 0.804. The van der Waals surface area contributed by atoms with E-state index in [1.165, 1.54) is 36.1 Å². The Balaban J connectivity index is 1.73. The van der Waals surface area contributed by atoms with Crippen molar-refractivity contribution < 1.29 is 0 Å². The van der Waals surface area contributed by atoms with Crippen molar-refractivity contribution in [1.82, 2.24) is 9.97 Å². The summed E-state index contributed by atoms with van der Waals surface area (Å²) in [5.74, 6) is 2.67. The van der Waals surface area contributed by atoms with Crippen molar-refractivity contribution in [2.45, 2.75) is 38.0 Å². The van der Waals surface area contributed by atoms with E-state index in [0.29, 0.717) is 0 Å². The van der Waals surface area contributed by atoms with Gasteiger partial charge in [-0.25, -0.2) is 9.97 Å². The first-order valence-corrected chi connectivity index (χ1v) is 7.53. The van der Waals surface area contributed by atoms with Crippen LogP contribution < -0.4 is 5.32 Å². The summed E-state index contributed by atoms with van der Waals surface area (Å²) < 4.78 is 0. The third-order valence-corrected chi connectivity index (χ3v) is 4.39. The molecule has 0 aliphatic heterocycles. The molecule has 1 aromatic heterocycles. The molecule has 3 nitrogen and oxygen atoms in total. The molecule has 20 heavy (non-hydrogen) atoms. The monoisotopic (exact) mass is 265 g/mol. The third kappa shape index (κ3) is 1.98. The van der Waals surface area contributed by atoms with Gasteiger partial charge in [0.15, 0.2) is 5.82 Å². The topological polar surface area (TPSA) is 37.8 Å². The SMILES string of the molecule is CNc1nc(-c2ccc(C3CC3)cc2)nc2c1CCC2. The number of hydrogen-bond acceptors (Lipinski definition) is 3. The first-order valence-electron chi connectivity index (χ1n) is 7.53. The van der Waals surface area contributed by atoms with Gasteiger partial charge in [-0.3, -0.25) is 0 Å². The van der Waals surface area contributed by atoms with Crippen molar-refractivity contribution in [3.05, 3.63) is 41.1 Å². The van der Waals surface area contributed by atoms with Gasteiger partial charge in [-0.1, -0.05) is 24.3 Å². The fourth-order valence-corrected chi connectivity index (χ4v) is 3.09. The maximum atomic E-state index is 4.77. The van der Waals surface area contributed by atoms with Gasteiger partial charge in [0.1, 0.15) is 5.82 Å². The van der Waals surface area contributed by atoms with Crippen LogP contribution in [0.1, 0.15) is 42.0 Å². The van der Waals surface area contributed by atoms with Crippen LogP contribution in [0.4, 0.5) is 5.82 Å². The van der Waals surface area contributed by atoms with Crippen LogP contribution in [-0.4, -0.2) is 17.0 Å². The van der Waals surface area contributed by atoms with Crippen LogP contribution >= 0.6 is 0 Å². The Morgan fingerprint density at radius 3 is 2.55 bits per heavy atom. The summed E-state index contributed by atoms with van der Waals surface area (Å²) >= 11 is 0. The van der Waals surface area contributed by atoms with E-state index in [2.05, 4.69) is 29.6 Å². The Labute approximate surface area is 119 Å². The molecule has 102 valence electrons. The highest BCUT2D eigenvalue weighted by molar-refractivity contribution is 5.61. The molecule has 1 fully saturated rings. The Morgan fingerprint density at radius 1 is 1.05 bits per heavy atom. The molecule has 0 saturated heterocycles. The first-order chi connectivity index (χ1) is 9.85. The highest BCUT2D eigenvalue weighted by Gasteiger charge is 2.23. The van der Waals surface area contributed by atoms with Crippen molar-refractivity contribution in [3.63, 3.8) is 0 Å². The summed E-state index contributed by atoms with van der Waals surface area (Å²) in [7, 11) is 1.95. The average Bonchev–Trinajstić information content (AvgIpc) is 3.24. The molecule has 0 amide bonds. The first kappa shape index (κ1) is 11.9. The van der Waals surface area contributed by atoms with E-state index in [0.717, 1.165) is 36.0 Å². The number of hydrogen-bond donors (Lipinski definition) is 1. The van der Waals surface area contributed by atoms with E-state index in [1.54, 1.807) is 0 Å². The molecule has 4 rings (SSSR count). The largest absolute Gasteiger partial charge is 0.373 e. The van der Waals surface area contributed by atoms with Crippen LogP contribution in [0.3, 0.4) is 0 Å². The second-order valence-electron chi connectivity index (χ2n) is 5.82. The van der Waals surface area contributed by atoms with Gasteiger partial charge in [-0.2, -0.15) is 0 Å². The normalized spacial score (nSPS) is 17.1. The molecule has 1 heterocycles. The number of aromatic nitrogens is 2. The summed E-state index contributed by atoms with van der Waals surface area (Å²) in [6, 6.07) is 8.82. The molecule has 1 saturated carbocycles. The Bertz CT molecular complexity index is 642. The van der Waals surface area contributed by atoms with Crippen LogP contribution in [0.25, 0.3) is 11.4 Å². The number of anilines is 1. The highest BCUT2D eigenvalue weighted by atomic mass is 15.0. The van der Waals surface area contributed by atoms with Gasteiger partial charge < -0.3 is 5.32 Å². The van der Waals surface area contributed by atoms with Crippen molar-refractivity contribution in [2.24, 2.45) is 0 Å². The molecular formula is C17H19N3. The second-order valence-corrected chi connectivity index (χ2v) is 5.82. The lowest BCUT2D eigenvalue weighted by Crippen LogP contribution is -2.03. The van der Waals surface area contributed by atoms with Gasteiger partial charge in [0.25, 0.3) is 0 Å². The average molecular weight is 265 g/mol. The molecule has 1 N–H and O–H groups in total. The molecule has 1 aromatic carbocycles. The molecule has 3 heteroatoms. The van der Waals surface area contributed by atoms with Crippen molar-refractivity contribution in [1.29, 1.82) is 0 Å². The summed E-state index contributed by atoms with van der Waals surface area (Å²) in [5.41, 5.74) is 5.13. The third-order valence-electron chi connectivity index (χ3n) is 4.39. The molecule has 0 bridgehead atoms. The van der Waals surface area contributed by atoms with E-state index in [4.69, 9.17) is 9.97 Å². The molecule has 2 aromatic rings. The van der Waals surface area contributed by atoms with Gasteiger partial charge in [0.05, 0.1) is 0 Å². The van der Waals surface area contributed by atoms with Gasteiger partial charge >= 0.3 is 0 Å². The number of nitrogens with one attached hydrogen (secondary N) is 1. The Hall–Kier alpha value is -1.90. The second kappa shape index (κ2) is 4.58. The number of benzene rings is 1. The van der Waals surface area contributed by atoms with Crippen LogP contribution in [-0.2, 0) is 12.8 Å². The Morgan fingerprint density at radius 2 is 1.85 bits per heavy atom. The number of rotatable bonds is 3. The quantitative estimate of drug-likeness (QED) is 0.922. The minimum Gasteiger partial charge on any atom is -0.373 e. The lowest BCUT2D eigenvalue weighted by atomic mass is 10.1. The van der Waals surface area contributed by atoms with Crippen LogP contribution in [0.2, 0.25) is 0 Å². The molecular weight excluding hydrogens is 246 g/mol. The van der Waals surface area contributed by atoms with E-state index >= 15 is 0 Å². The van der Waals surface area contributed by atoms with Gasteiger partial charge in [0.2, 0.25) is 0 Å². The van der Waals surface area contributed by atoms with E-state index in [9.17, 15) is 0 Å². The zero-order valence-corrected chi connectivity index (χ0v) is 11.8. The molecule has 0 radical (unpaired) electrons. The lowest BCUT2D eigenvalue weighted by molar-refractivity contribution is 0.900.